The maximum absolute atomic E-state index is 11.7. The summed E-state index contributed by atoms with van der Waals surface area (Å²) in [7, 11) is 0. The minimum Gasteiger partial charge on any atom is -0.463 e. The molecule has 0 aromatic carbocycles. The summed E-state index contributed by atoms with van der Waals surface area (Å²) in [5, 5.41) is 0. The molecule has 0 aromatic rings. The minimum absolute atomic E-state index is 0.145. The molecule has 0 amide bonds. The Labute approximate surface area is 124 Å². The maximum Gasteiger partial charge on any atom is 0.305 e. The molecule has 0 spiro atoms. The number of carbonyl (C=O) groups is 1. The maximum atomic E-state index is 11.7. The molecule has 0 aliphatic carbocycles. The molecule has 0 aliphatic rings. The standard InChI is InChI=1S/C16H33NO3/c1-15(2,3)13(9-10-17)7-8-14(18)19-11-12-20-16(4,5)6/h13H,7-12,17H2,1-6H3. The molecule has 0 saturated heterocycles. The van der Waals surface area contributed by atoms with Gasteiger partial charge in [0, 0.05) is 6.42 Å². The van der Waals surface area contributed by atoms with E-state index in [2.05, 4.69) is 20.8 Å². The van der Waals surface area contributed by atoms with Gasteiger partial charge in [-0.15, -0.1) is 0 Å². The summed E-state index contributed by atoms with van der Waals surface area (Å²) >= 11 is 0. The van der Waals surface area contributed by atoms with Crippen LogP contribution in [0.15, 0.2) is 0 Å². The zero-order valence-corrected chi connectivity index (χ0v) is 14.1. The molecule has 0 rings (SSSR count). The molecule has 0 aromatic heterocycles. The summed E-state index contributed by atoms with van der Waals surface area (Å²) in [5.41, 5.74) is 5.62. The van der Waals surface area contributed by atoms with Gasteiger partial charge in [0.05, 0.1) is 12.2 Å². The molecule has 0 bridgehead atoms. The van der Waals surface area contributed by atoms with Crippen LogP contribution in [-0.2, 0) is 14.3 Å². The van der Waals surface area contributed by atoms with Crippen LogP contribution in [0.4, 0.5) is 0 Å². The van der Waals surface area contributed by atoms with Gasteiger partial charge >= 0.3 is 5.97 Å². The van der Waals surface area contributed by atoms with Crippen molar-refractivity contribution in [2.45, 2.75) is 66.4 Å². The van der Waals surface area contributed by atoms with E-state index in [4.69, 9.17) is 15.2 Å². The van der Waals surface area contributed by atoms with Crippen molar-refractivity contribution in [1.29, 1.82) is 0 Å². The summed E-state index contributed by atoms with van der Waals surface area (Å²) in [6, 6.07) is 0. The lowest BCUT2D eigenvalue weighted by atomic mass is 9.76. The summed E-state index contributed by atoms with van der Waals surface area (Å²) in [6.45, 7) is 14.0. The van der Waals surface area contributed by atoms with Gasteiger partial charge in [-0.1, -0.05) is 20.8 Å². The van der Waals surface area contributed by atoms with Crippen LogP contribution in [0.2, 0.25) is 0 Å². The van der Waals surface area contributed by atoms with Crippen molar-refractivity contribution in [2.24, 2.45) is 17.1 Å². The molecule has 120 valence electrons. The first-order chi connectivity index (χ1) is 9.06. The van der Waals surface area contributed by atoms with E-state index < -0.39 is 0 Å². The van der Waals surface area contributed by atoms with Crippen molar-refractivity contribution in [3.63, 3.8) is 0 Å². The van der Waals surface area contributed by atoms with Crippen molar-refractivity contribution in [3.8, 4) is 0 Å². The van der Waals surface area contributed by atoms with Crippen LogP contribution in [0.3, 0.4) is 0 Å². The second kappa shape index (κ2) is 8.63. The molecule has 0 fully saturated rings. The van der Waals surface area contributed by atoms with Crippen molar-refractivity contribution in [2.75, 3.05) is 19.8 Å². The van der Waals surface area contributed by atoms with E-state index in [0.717, 1.165) is 12.8 Å². The number of rotatable bonds is 8. The molecule has 0 radical (unpaired) electrons. The first-order valence-electron chi connectivity index (χ1n) is 7.56. The van der Waals surface area contributed by atoms with E-state index in [0.29, 0.717) is 32.1 Å². The fourth-order valence-electron chi connectivity index (χ4n) is 2.08. The van der Waals surface area contributed by atoms with Crippen LogP contribution in [0.5, 0.6) is 0 Å². The average molecular weight is 287 g/mol. The largest absolute Gasteiger partial charge is 0.463 e. The molecule has 0 aliphatic heterocycles. The van der Waals surface area contributed by atoms with E-state index in [1.807, 2.05) is 20.8 Å². The number of hydrogen-bond acceptors (Lipinski definition) is 4. The molecule has 20 heavy (non-hydrogen) atoms. The average Bonchev–Trinajstić information content (AvgIpc) is 2.27. The van der Waals surface area contributed by atoms with Gasteiger partial charge in [0.2, 0.25) is 0 Å². The normalized spacial score (nSPS) is 14.2. The van der Waals surface area contributed by atoms with Gasteiger partial charge in [-0.05, 0) is 51.5 Å². The van der Waals surface area contributed by atoms with Gasteiger partial charge in [-0.25, -0.2) is 0 Å². The Morgan fingerprint density at radius 3 is 2.10 bits per heavy atom. The van der Waals surface area contributed by atoms with Crippen molar-refractivity contribution in [3.05, 3.63) is 0 Å². The monoisotopic (exact) mass is 287 g/mol. The fraction of sp³-hybridized carbons (Fsp3) is 0.938. The molecular formula is C16H33NO3. The number of hydrogen-bond donors (Lipinski definition) is 1. The van der Waals surface area contributed by atoms with Crippen molar-refractivity contribution < 1.29 is 14.3 Å². The molecule has 0 heterocycles. The topological polar surface area (TPSA) is 61.5 Å². The highest BCUT2D eigenvalue weighted by Gasteiger charge is 2.24. The van der Waals surface area contributed by atoms with Gasteiger partial charge in [0.25, 0.3) is 0 Å². The first kappa shape index (κ1) is 19.4. The van der Waals surface area contributed by atoms with Gasteiger partial charge < -0.3 is 15.2 Å². The first-order valence-corrected chi connectivity index (χ1v) is 7.56. The Morgan fingerprint density at radius 1 is 1.05 bits per heavy atom. The summed E-state index contributed by atoms with van der Waals surface area (Å²) in [6.07, 6.45) is 2.24. The predicted molar refractivity (Wildman–Crippen MR) is 82.5 cm³/mol. The van der Waals surface area contributed by atoms with E-state index >= 15 is 0 Å². The van der Waals surface area contributed by atoms with Crippen LogP contribution in [0, 0.1) is 11.3 Å². The smallest absolute Gasteiger partial charge is 0.305 e. The third-order valence-corrected chi connectivity index (χ3v) is 3.32. The fourth-order valence-corrected chi connectivity index (χ4v) is 2.08. The van der Waals surface area contributed by atoms with Gasteiger partial charge in [-0.2, -0.15) is 0 Å². The van der Waals surface area contributed by atoms with Crippen LogP contribution >= 0.6 is 0 Å². The van der Waals surface area contributed by atoms with E-state index in [1.165, 1.54) is 0 Å². The zero-order valence-electron chi connectivity index (χ0n) is 14.1. The Hall–Kier alpha value is -0.610. The Bertz CT molecular complexity index is 276. The second-order valence-electron chi connectivity index (χ2n) is 7.36. The summed E-state index contributed by atoms with van der Waals surface area (Å²) in [4.78, 5) is 11.7. The Morgan fingerprint density at radius 2 is 1.65 bits per heavy atom. The third kappa shape index (κ3) is 10.2. The predicted octanol–water partition coefficient (Wildman–Crippen LogP) is 3.14. The molecular weight excluding hydrogens is 254 g/mol. The molecule has 2 N–H and O–H groups in total. The van der Waals surface area contributed by atoms with E-state index in [1.54, 1.807) is 0 Å². The zero-order chi connectivity index (χ0) is 15.8. The van der Waals surface area contributed by atoms with Gasteiger partial charge in [-0.3, -0.25) is 4.79 Å². The highest BCUT2D eigenvalue weighted by molar-refractivity contribution is 5.69. The Balaban J connectivity index is 3.91. The van der Waals surface area contributed by atoms with Crippen LogP contribution in [-0.4, -0.2) is 31.3 Å². The van der Waals surface area contributed by atoms with Crippen LogP contribution < -0.4 is 5.73 Å². The molecule has 4 heteroatoms. The molecule has 1 atom stereocenters. The number of nitrogens with two attached hydrogens (primary N) is 1. The molecule has 4 nitrogen and oxygen atoms in total. The Kier molecular flexibility index (Phi) is 8.36. The van der Waals surface area contributed by atoms with Crippen LogP contribution in [0.1, 0.15) is 60.8 Å². The number of ether oxygens (including phenoxy) is 2. The minimum atomic E-state index is -0.190. The lowest BCUT2D eigenvalue weighted by Crippen LogP contribution is -2.25. The summed E-state index contributed by atoms with van der Waals surface area (Å²) < 4.78 is 10.7. The second-order valence-corrected chi connectivity index (χ2v) is 7.36. The molecule has 1 unspecified atom stereocenters. The lowest BCUT2D eigenvalue weighted by Gasteiger charge is -2.30. The highest BCUT2D eigenvalue weighted by Crippen LogP contribution is 2.32. The van der Waals surface area contributed by atoms with Crippen LogP contribution in [0.25, 0.3) is 0 Å². The summed E-state index contributed by atoms with van der Waals surface area (Å²) in [5.74, 6) is 0.305. The number of esters is 1. The highest BCUT2D eigenvalue weighted by atomic mass is 16.6. The van der Waals surface area contributed by atoms with Gasteiger partial charge in [0.15, 0.2) is 0 Å². The van der Waals surface area contributed by atoms with Crippen molar-refractivity contribution in [1.82, 2.24) is 0 Å². The van der Waals surface area contributed by atoms with E-state index in [-0.39, 0.29) is 17.0 Å². The SMILES string of the molecule is CC(C)(C)OCCOC(=O)CCC(CCN)C(C)(C)C. The van der Waals surface area contributed by atoms with Gasteiger partial charge in [0.1, 0.15) is 6.61 Å². The van der Waals surface area contributed by atoms with E-state index in [9.17, 15) is 4.79 Å². The number of carbonyl (C=O) groups excluding carboxylic acids is 1. The van der Waals surface area contributed by atoms with Crippen molar-refractivity contribution >= 4 is 5.97 Å². The third-order valence-electron chi connectivity index (χ3n) is 3.32. The molecule has 0 saturated carbocycles. The quantitative estimate of drug-likeness (QED) is 0.550. The lowest BCUT2D eigenvalue weighted by molar-refractivity contribution is -0.147.